The van der Waals surface area contributed by atoms with Crippen LogP contribution in [0.25, 0.3) is 0 Å². The summed E-state index contributed by atoms with van der Waals surface area (Å²) in [5, 5.41) is 0.806. The van der Waals surface area contributed by atoms with Crippen LogP contribution >= 0.6 is 15.9 Å². The van der Waals surface area contributed by atoms with Crippen LogP contribution in [0.4, 0.5) is 0 Å². The Morgan fingerprint density at radius 1 is 1.33 bits per heavy atom. The first kappa shape index (κ1) is 9.75. The number of rotatable bonds is 3. The molecule has 1 atom stereocenters. The first-order chi connectivity index (χ1) is 5.73. The maximum atomic E-state index is 5.43. The van der Waals surface area contributed by atoms with Gasteiger partial charge in [-0.3, -0.25) is 0 Å². The van der Waals surface area contributed by atoms with Crippen molar-refractivity contribution < 1.29 is 4.74 Å². The Bertz CT molecular complexity index is 229. The van der Waals surface area contributed by atoms with Gasteiger partial charge in [0.15, 0.2) is 0 Å². The molecule has 1 aromatic rings. The zero-order chi connectivity index (χ0) is 9.03. The van der Waals surface area contributed by atoms with Crippen molar-refractivity contribution in [1.29, 1.82) is 0 Å². The van der Waals surface area contributed by atoms with Crippen molar-refractivity contribution in [1.82, 2.24) is 0 Å². The minimum Gasteiger partial charge on any atom is -0.373 e. The average Bonchev–Trinajstić information content (AvgIpc) is 2.18. The average molecular weight is 229 g/mol. The monoisotopic (exact) mass is 228 g/mol. The number of ether oxygens (including phenoxy) is 1. The van der Waals surface area contributed by atoms with Crippen LogP contribution < -0.4 is 0 Å². The van der Waals surface area contributed by atoms with Crippen molar-refractivity contribution in [2.75, 3.05) is 12.4 Å². The fraction of sp³-hybridized carbons (Fsp3) is 0.400. The molecule has 0 aromatic heterocycles. The largest absolute Gasteiger partial charge is 0.373 e. The summed E-state index contributed by atoms with van der Waals surface area (Å²) in [5.74, 6) is 0. The van der Waals surface area contributed by atoms with Gasteiger partial charge in [-0.2, -0.15) is 0 Å². The van der Waals surface area contributed by atoms with Crippen molar-refractivity contribution >= 4 is 15.9 Å². The predicted molar refractivity (Wildman–Crippen MR) is 54.6 cm³/mol. The lowest BCUT2D eigenvalue weighted by Gasteiger charge is -2.26. The van der Waals surface area contributed by atoms with E-state index in [0.29, 0.717) is 0 Å². The van der Waals surface area contributed by atoms with Gasteiger partial charge in [0, 0.05) is 12.4 Å². The quantitative estimate of drug-likeness (QED) is 0.724. The van der Waals surface area contributed by atoms with Crippen molar-refractivity contribution in [3.63, 3.8) is 0 Å². The lowest BCUT2D eigenvalue weighted by atomic mass is 9.98. The van der Waals surface area contributed by atoms with Crippen molar-refractivity contribution in [2.24, 2.45) is 0 Å². The Balaban J connectivity index is 2.95. The van der Waals surface area contributed by atoms with Crippen molar-refractivity contribution in [3.8, 4) is 0 Å². The Hall–Kier alpha value is -0.340. The van der Waals surface area contributed by atoms with Crippen LogP contribution in [0.3, 0.4) is 0 Å². The normalized spacial score (nSPS) is 15.6. The second-order valence-electron chi connectivity index (χ2n) is 2.93. The third-order valence-corrected chi connectivity index (χ3v) is 3.16. The van der Waals surface area contributed by atoms with Crippen LogP contribution in [0.1, 0.15) is 12.5 Å². The molecule has 2 heteroatoms. The number of hydrogen-bond acceptors (Lipinski definition) is 1. The first-order valence-electron chi connectivity index (χ1n) is 3.89. The van der Waals surface area contributed by atoms with Gasteiger partial charge in [0.2, 0.25) is 0 Å². The first-order valence-corrected chi connectivity index (χ1v) is 5.02. The molecule has 0 heterocycles. The molecular formula is C10H13BrO. The van der Waals surface area contributed by atoms with E-state index in [0.717, 1.165) is 5.33 Å². The number of halogens is 1. The summed E-state index contributed by atoms with van der Waals surface area (Å²) in [7, 11) is 1.73. The molecule has 0 saturated carbocycles. The van der Waals surface area contributed by atoms with Crippen molar-refractivity contribution in [2.45, 2.75) is 12.5 Å². The van der Waals surface area contributed by atoms with Gasteiger partial charge in [0.1, 0.15) is 0 Å². The number of alkyl halides is 1. The lowest BCUT2D eigenvalue weighted by molar-refractivity contribution is 0.0248. The SMILES string of the molecule is CO[C@](C)(CBr)c1ccccc1. The summed E-state index contributed by atoms with van der Waals surface area (Å²) in [6.45, 7) is 2.07. The van der Waals surface area contributed by atoms with Crippen LogP contribution in [-0.2, 0) is 10.3 Å². The molecule has 0 aliphatic rings. The molecule has 0 amide bonds. The highest BCUT2D eigenvalue weighted by Crippen LogP contribution is 2.25. The van der Waals surface area contributed by atoms with Crippen molar-refractivity contribution in [3.05, 3.63) is 35.9 Å². The number of methoxy groups -OCH3 is 1. The highest BCUT2D eigenvalue weighted by molar-refractivity contribution is 9.09. The molecule has 0 aliphatic heterocycles. The minimum atomic E-state index is -0.207. The van der Waals surface area contributed by atoms with Gasteiger partial charge in [-0.05, 0) is 12.5 Å². The molecule has 1 aromatic carbocycles. The second kappa shape index (κ2) is 4.06. The Morgan fingerprint density at radius 3 is 2.33 bits per heavy atom. The Labute approximate surface area is 81.9 Å². The zero-order valence-corrected chi connectivity index (χ0v) is 8.97. The van der Waals surface area contributed by atoms with Gasteiger partial charge in [-0.1, -0.05) is 46.3 Å². The standard InChI is InChI=1S/C10H13BrO/c1-10(8-11,12-2)9-6-4-3-5-7-9/h3-7H,8H2,1-2H3/t10-/m1/s1. The van der Waals surface area contributed by atoms with E-state index in [-0.39, 0.29) is 5.60 Å². The van der Waals surface area contributed by atoms with E-state index in [1.165, 1.54) is 5.56 Å². The molecule has 0 aliphatic carbocycles. The van der Waals surface area contributed by atoms with Crippen LogP contribution in [0.2, 0.25) is 0 Å². The smallest absolute Gasteiger partial charge is 0.0995 e. The van der Waals surface area contributed by atoms with E-state index in [4.69, 9.17) is 4.74 Å². The van der Waals surface area contributed by atoms with Gasteiger partial charge in [0.05, 0.1) is 5.60 Å². The maximum absolute atomic E-state index is 5.43. The van der Waals surface area contributed by atoms with E-state index in [9.17, 15) is 0 Å². The minimum absolute atomic E-state index is 0.207. The maximum Gasteiger partial charge on any atom is 0.0995 e. The van der Waals surface area contributed by atoms with Gasteiger partial charge in [0.25, 0.3) is 0 Å². The summed E-state index contributed by atoms with van der Waals surface area (Å²) >= 11 is 3.44. The molecule has 0 radical (unpaired) electrons. The summed E-state index contributed by atoms with van der Waals surface area (Å²) in [5.41, 5.74) is 0.991. The molecular weight excluding hydrogens is 216 g/mol. The van der Waals surface area contributed by atoms with Gasteiger partial charge in [-0.25, -0.2) is 0 Å². The highest BCUT2D eigenvalue weighted by atomic mass is 79.9. The van der Waals surface area contributed by atoms with Crippen LogP contribution in [-0.4, -0.2) is 12.4 Å². The molecule has 0 N–H and O–H groups in total. The van der Waals surface area contributed by atoms with E-state index in [1.54, 1.807) is 7.11 Å². The number of hydrogen-bond donors (Lipinski definition) is 0. The third-order valence-electron chi connectivity index (χ3n) is 2.09. The van der Waals surface area contributed by atoms with Crippen LogP contribution in [0.5, 0.6) is 0 Å². The molecule has 1 nitrogen and oxygen atoms in total. The molecule has 0 unspecified atom stereocenters. The summed E-state index contributed by atoms with van der Waals surface area (Å²) < 4.78 is 5.43. The van der Waals surface area contributed by atoms with E-state index in [2.05, 4.69) is 35.0 Å². The predicted octanol–water partition coefficient (Wildman–Crippen LogP) is 2.94. The highest BCUT2D eigenvalue weighted by Gasteiger charge is 2.23. The zero-order valence-electron chi connectivity index (χ0n) is 7.38. The van der Waals surface area contributed by atoms with Crippen LogP contribution in [0, 0.1) is 0 Å². The molecule has 0 saturated heterocycles. The molecule has 12 heavy (non-hydrogen) atoms. The Morgan fingerprint density at radius 2 is 1.92 bits per heavy atom. The van der Waals surface area contributed by atoms with E-state index < -0.39 is 0 Å². The molecule has 0 fully saturated rings. The molecule has 66 valence electrons. The summed E-state index contributed by atoms with van der Waals surface area (Å²) in [6.07, 6.45) is 0. The van der Waals surface area contributed by atoms with Gasteiger partial charge < -0.3 is 4.74 Å². The second-order valence-corrected chi connectivity index (χ2v) is 3.50. The summed E-state index contributed by atoms with van der Waals surface area (Å²) in [4.78, 5) is 0. The number of benzene rings is 1. The van der Waals surface area contributed by atoms with E-state index >= 15 is 0 Å². The fourth-order valence-electron chi connectivity index (χ4n) is 1.04. The lowest BCUT2D eigenvalue weighted by Crippen LogP contribution is -2.25. The fourth-order valence-corrected chi connectivity index (χ4v) is 1.59. The van der Waals surface area contributed by atoms with Crippen LogP contribution in [0.15, 0.2) is 30.3 Å². The van der Waals surface area contributed by atoms with Gasteiger partial charge in [-0.15, -0.1) is 0 Å². The molecule has 0 spiro atoms. The summed E-state index contributed by atoms with van der Waals surface area (Å²) in [6, 6.07) is 10.2. The molecule has 1 rings (SSSR count). The van der Waals surface area contributed by atoms with E-state index in [1.807, 2.05) is 18.2 Å². The van der Waals surface area contributed by atoms with Gasteiger partial charge >= 0.3 is 0 Å². The Kier molecular flexibility index (Phi) is 3.29. The third kappa shape index (κ3) is 1.87. The molecule has 0 bridgehead atoms. The topological polar surface area (TPSA) is 9.23 Å².